The van der Waals surface area contributed by atoms with Gasteiger partial charge in [-0.15, -0.1) is 0 Å². The van der Waals surface area contributed by atoms with Crippen LogP contribution in [0, 0.1) is 0 Å². The molecule has 8 heavy (non-hydrogen) atoms. The van der Waals surface area contributed by atoms with Crippen LogP contribution in [0.3, 0.4) is 0 Å². The Morgan fingerprint density at radius 2 is 1.12 bits per heavy atom. The molecule has 1 radical (unpaired) electrons. The third-order valence-corrected chi connectivity index (χ3v) is 4.50. The van der Waals surface area contributed by atoms with Crippen molar-refractivity contribution in [1.29, 1.82) is 0 Å². The van der Waals surface area contributed by atoms with Crippen LogP contribution in [0.15, 0.2) is 0 Å². The van der Waals surface area contributed by atoms with Crippen molar-refractivity contribution in [1.82, 2.24) is 0 Å². The molecule has 0 aromatic heterocycles. The van der Waals surface area contributed by atoms with E-state index >= 15 is 0 Å². The molecule has 0 bridgehead atoms. The summed E-state index contributed by atoms with van der Waals surface area (Å²) in [5, 5.41) is 0. The van der Waals surface area contributed by atoms with Crippen LogP contribution in [0.4, 0.5) is 0 Å². The van der Waals surface area contributed by atoms with Crippen LogP contribution >= 0.6 is 0 Å². The fourth-order valence-electron chi connectivity index (χ4n) is 0.750. The van der Waals surface area contributed by atoms with Crippen LogP contribution in [0.25, 0.3) is 0 Å². The predicted molar refractivity (Wildman–Crippen MR) is 37.2 cm³/mol. The Morgan fingerprint density at radius 3 is 1.12 bits per heavy atom. The largest absolute Gasteiger partial charge is 1.00 e. The molecule has 0 rings (SSSR count). The first-order chi connectivity index (χ1) is 3.35. The quantitative estimate of drug-likeness (QED) is 0.478. The van der Waals surface area contributed by atoms with Gasteiger partial charge >= 0.3 is 0 Å². The average molecular weight is 151 g/mol. The Bertz CT molecular complexity index is 30.0. The molecule has 51 valence electrons. The minimum absolute atomic E-state index is 0. The molecule has 0 atom stereocenters. The smallest absolute Gasteiger partial charge is 0.0470 e. The Balaban J connectivity index is 0. The van der Waals surface area contributed by atoms with Crippen molar-refractivity contribution in [3.05, 3.63) is 0 Å². The second-order valence-electron chi connectivity index (χ2n) is 1.81. The van der Waals surface area contributed by atoms with Crippen molar-refractivity contribution in [2.75, 3.05) is 0 Å². The maximum absolute atomic E-state index is 2.31. The molecule has 0 saturated heterocycles. The van der Waals surface area contributed by atoms with Crippen molar-refractivity contribution in [3.63, 3.8) is 0 Å². The Kier molecular flexibility index (Phi) is 10.6. The highest BCUT2D eigenvalue weighted by atomic mass is 35.5. The van der Waals surface area contributed by atoms with E-state index < -0.39 is 0 Å². The van der Waals surface area contributed by atoms with Crippen LogP contribution in [-0.2, 0) is 0 Å². The molecule has 0 aliphatic carbocycles. The number of hydrogen-bond acceptors (Lipinski definition) is 0. The summed E-state index contributed by atoms with van der Waals surface area (Å²) in [7, 11) is 0.137. The van der Waals surface area contributed by atoms with Gasteiger partial charge in [0, 0.05) is 8.80 Å². The molecule has 0 aromatic rings. The van der Waals surface area contributed by atoms with Gasteiger partial charge in [-0.3, -0.25) is 0 Å². The normalized spacial score (nSPS) is 9.00. The second kappa shape index (κ2) is 7.51. The van der Waals surface area contributed by atoms with E-state index in [2.05, 4.69) is 20.8 Å². The van der Waals surface area contributed by atoms with Crippen molar-refractivity contribution in [3.8, 4) is 0 Å². The lowest BCUT2D eigenvalue weighted by Gasteiger charge is -2.02. The van der Waals surface area contributed by atoms with Crippen molar-refractivity contribution >= 4 is 8.80 Å². The minimum atomic E-state index is 0. The zero-order chi connectivity index (χ0) is 5.70. The molecule has 0 aliphatic rings. The zero-order valence-corrected chi connectivity index (χ0v) is 7.76. The summed E-state index contributed by atoms with van der Waals surface area (Å²) in [5.41, 5.74) is 0. The molecule has 2 heteroatoms. The third-order valence-electron chi connectivity index (χ3n) is 1.50. The Hall–Kier alpha value is 0.507. The fourth-order valence-corrected chi connectivity index (χ4v) is 2.25. The summed E-state index contributed by atoms with van der Waals surface area (Å²) in [4.78, 5) is 0. The van der Waals surface area contributed by atoms with E-state index in [9.17, 15) is 0 Å². The number of rotatable bonds is 3. The lowest BCUT2D eigenvalue weighted by Crippen LogP contribution is -3.00. The maximum Gasteiger partial charge on any atom is 0.0470 e. The van der Waals surface area contributed by atoms with E-state index in [0.717, 1.165) is 0 Å². The van der Waals surface area contributed by atoms with E-state index in [1.54, 1.807) is 0 Å². The van der Waals surface area contributed by atoms with Gasteiger partial charge in [-0.2, -0.15) is 0 Å². The number of halogens is 1. The molecule has 0 amide bonds. The van der Waals surface area contributed by atoms with Gasteiger partial charge in [0.2, 0.25) is 0 Å². The maximum atomic E-state index is 2.31. The molecule has 0 aliphatic heterocycles. The highest BCUT2D eigenvalue weighted by molar-refractivity contribution is 6.58. The van der Waals surface area contributed by atoms with Gasteiger partial charge in [-0.1, -0.05) is 38.9 Å². The summed E-state index contributed by atoms with van der Waals surface area (Å²) in [6, 6.07) is 4.37. The standard InChI is InChI=1S/C6H15Si.ClH/c1-4-7(5-2)6-3;/h4-6H2,1-3H3;1H/p-1. The monoisotopic (exact) mass is 150 g/mol. The molecular formula is C6H15ClSi-. The second-order valence-corrected chi connectivity index (χ2v) is 5.43. The van der Waals surface area contributed by atoms with E-state index in [1.807, 2.05) is 0 Å². The fraction of sp³-hybridized carbons (Fsp3) is 1.00. The summed E-state index contributed by atoms with van der Waals surface area (Å²) in [6.45, 7) is 6.92. The molecule has 0 unspecified atom stereocenters. The first-order valence-corrected chi connectivity index (χ1v) is 5.30. The first kappa shape index (κ1) is 11.3. The Morgan fingerprint density at radius 1 is 0.875 bits per heavy atom. The highest BCUT2D eigenvalue weighted by Gasteiger charge is 1.98. The van der Waals surface area contributed by atoms with Gasteiger partial charge < -0.3 is 12.4 Å². The average Bonchev–Trinajstić information content (AvgIpc) is 1.72. The zero-order valence-electron chi connectivity index (χ0n) is 6.00. The van der Waals surface area contributed by atoms with Gasteiger partial charge in [-0.25, -0.2) is 0 Å². The summed E-state index contributed by atoms with van der Waals surface area (Å²) in [5.74, 6) is 0. The van der Waals surface area contributed by atoms with Crippen LogP contribution < -0.4 is 12.4 Å². The molecular weight excluding hydrogens is 136 g/mol. The molecule has 0 aromatic carbocycles. The van der Waals surface area contributed by atoms with Gasteiger partial charge in [0.15, 0.2) is 0 Å². The lowest BCUT2D eigenvalue weighted by molar-refractivity contribution is -0.00000168. The van der Waals surface area contributed by atoms with Gasteiger partial charge in [-0.05, 0) is 0 Å². The SMILES string of the molecule is CC[Si](CC)CC.[Cl-]. The van der Waals surface area contributed by atoms with E-state index in [1.165, 1.54) is 18.1 Å². The first-order valence-electron chi connectivity index (χ1n) is 3.18. The van der Waals surface area contributed by atoms with Crippen molar-refractivity contribution in [2.45, 2.75) is 38.9 Å². The van der Waals surface area contributed by atoms with E-state index in [-0.39, 0.29) is 21.2 Å². The highest BCUT2D eigenvalue weighted by Crippen LogP contribution is 2.01. The summed E-state index contributed by atoms with van der Waals surface area (Å²) >= 11 is 0. The molecule has 0 saturated carbocycles. The van der Waals surface area contributed by atoms with Crippen molar-refractivity contribution < 1.29 is 12.4 Å². The van der Waals surface area contributed by atoms with Crippen LogP contribution in [0.5, 0.6) is 0 Å². The third kappa shape index (κ3) is 4.66. The molecule has 0 fully saturated rings. The van der Waals surface area contributed by atoms with Crippen molar-refractivity contribution in [2.24, 2.45) is 0 Å². The predicted octanol–water partition coefficient (Wildman–Crippen LogP) is -0.455. The molecule has 0 spiro atoms. The van der Waals surface area contributed by atoms with Gasteiger partial charge in [0.25, 0.3) is 0 Å². The van der Waals surface area contributed by atoms with Gasteiger partial charge in [0.1, 0.15) is 0 Å². The van der Waals surface area contributed by atoms with E-state index in [4.69, 9.17) is 0 Å². The molecule has 0 heterocycles. The summed E-state index contributed by atoms with van der Waals surface area (Å²) < 4.78 is 0. The van der Waals surface area contributed by atoms with Crippen LogP contribution in [0.2, 0.25) is 18.1 Å². The Labute approximate surface area is 60.7 Å². The van der Waals surface area contributed by atoms with Gasteiger partial charge in [0.05, 0.1) is 0 Å². The topological polar surface area (TPSA) is 0 Å². The summed E-state index contributed by atoms with van der Waals surface area (Å²) in [6.07, 6.45) is 0. The van der Waals surface area contributed by atoms with Crippen LogP contribution in [-0.4, -0.2) is 8.80 Å². The molecule has 0 nitrogen and oxygen atoms in total. The molecule has 0 N–H and O–H groups in total. The number of hydrogen-bond donors (Lipinski definition) is 0. The minimum Gasteiger partial charge on any atom is -1.00 e. The van der Waals surface area contributed by atoms with E-state index in [0.29, 0.717) is 0 Å². The van der Waals surface area contributed by atoms with Crippen LogP contribution in [0.1, 0.15) is 20.8 Å². The lowest BCUT2D eigenvalue weighted by atomic mass is 10.9.